The highest BCUT2D eigenvalue weighted by Gasteiger charge is 2.50. The van der Waals surface area contributed by atoms with Crippen LogP contribution in [0, 0.1) is 0 Å². The van der Waals surface area contributed by atoms with Crippen LogP contribution >= 0.6 is 0 Å². The topological polar surface area (TPSA) is 175 Å². The van der Waals surface area contributed by atoms with E-state index in [1.165, 1.54) is 96.3 Å². The molecule has 1 aliphatic heterocycles. The van der Waals surface area contributed by atoms with Gasteiger partial charge in [0.25, 0.3) is 0 Å². The molecule has 1 fully saturated rings. The number of aliphatic carboxylic acids is 1. The molecule has 1 heterocycles. The number of rotatable bonds is 58. The maximum Gasteiger partial charge on any atom is 0.335 e. The number of carboxylic acids is 1. The standard InChI is InChI=1S/C73H122O12/c1-4-7-10-13-16-19-22-25-28-31-33-36-38-41-44-47-50-53-56-59-65(74)81-62-64(83-66(75)60-57-54-51-48-45-42-40-37-34-32-29-26-23-20-17-14-11-8-5-2)63-82-73-71(69(78)68(77)70(85-73)72(79)80)84-67(76)61-58-55-52-49-46-43-39-35-30-27-24-21-18-15-12-9-6-3/h7,9-10,12,16,18-19,21,25,27-28,30,33,36,39,43,64,68-71,73,77-78H,4-6,8,11,13-15,17,20,22-24,26,29,31-32,34-35,37-38,40-42,44-63H2,1-3H3,(H,79,80)/b10-7-,12-9-,19-16-,21-18-,28-25-,30-27-,36-33-,43-39-. The van der Waals surface area contributed by atoms with Gasteiger partial charge in [0.05, 0.1) is 6.61 Å². The second-order valence-electron chi connectivity index (χ2n) is 23.1. The number of aliphatic hydroxyl groups excluding tert-OH is 2. The van der Waals surface area contributed by atoms with Crippen LogP contribution in [0.4, 0.5) is 0 Å². The Morgan fingerprint density at radius 2 is 0.741 bits per heavy atom. The summed E-state index contributed by atoms with van der Waals surface area (Å²) in [5.41, 5.74) is 0. The lowest BCUT2D eigenvalue weighted by atomic mass is 9.98. The first-order valence-corrected chi connectivity index (χ1v) is 34.2. The fraction of sp³-hybridized carbons (Fsp3) is 0.726. The third-order valence-electron chi connectivity index (χ3n) is 15.2. The van der Waals surface area contributed by atoms with E-state index in [1.807, 2.05) is 0 Å². The molecule has 1 saturated heterocycles. The quantitative estimate of drug-likeness (QED) is 0.0228. The van der Waals surface area contributed by atoms with Gasteiger partial charge in [0.1, 0.15) is 18.8 Å². The van der Waals surface area contributed by atoms with Crippen LogP contribution in [0.3, 0.4) is 0 Å². The molecule has 0 aromatic rings. The Morgan fingerprint density at radius 1 is 0.400 bits per heavy atom. The van der Waals surface area contributed by atoms with Crippen molar-refractivity contribution in [1.82, 2.24) is 0 Å². The first-order valence-electron chi connectivity index (χ1n) is 34.2. The monoisotopic (exact) mass is 1190 g/mol. The van der Waals surface area contributed by atoms with E-state index in [4.69, 9.17) is 23.7 Å². The van der Waals surface area contributed by atoms with Crippen molar-refractivity contribution in [2.24, 2.45) is 0 Å². The van der Waals surface area contributed by atoms with Crippen molar-refractivity contribution in [3.8, 4) is 0 Å². The van der Waals surface area contributed by atoms with Gasteiger partial charge < -0.3 is 39.0 Å². The number of hydrogen-bond acceptors (Lipinski definition) is 11. The summed E-state index contributed by atoms with van der Waals surface area (Å²) in [5.74, 6) is -3.16. The van der Waals surface area contributed by atoms with Gasteiger partial charge in [0, 0.05) is 19.3 Å². The predicted molar refractivity (Wildman–Crippen MR) is 349 cm³/mol. The minimum Gasteiger partial charge on any atom is -0.479 e. The van der Waals surface area contributed by atoms with Crippen molar-refractivity contribution in [2.45, 2.75) is 327 Å². The molecule has 0 bridgehead atoms. The minimum atomic E-state index is -1.92. The van der Waals surface area contributed by atoms with Gasteiger partial charge in [-0.3, -0.25) is 14.4 Å². The van der Waals surface area contributed by atoms with Gasteiger partial charge in [-0.05, 0) is 96.3 Å². The number of aliphatic hydroxyl groups is 2. The molecule has 0 aliphatic carbocycles. The fourth-order valence-corrected chi connectivity index (χ4v) is 10.00. The van der Waals surface area contributed by atoms with Gasteiger partial charge in [0.2, 0.25) is 0 Å². The van der Waals surface area contributed by atoms with Crippen LogP contribution in [0.2, 0.25) is 0 Å². The Bertz CT molecular complexity index is 1840. The molecular weight excluding hydrogens is 1070 g/mol. The molecule has 0 amide bonds. The van der Waals surface area contributed by atoms with Crippen molar-refractivity contribution >= 4 is 23.9 Å². The van der Waals surface area contributed by atoms with Gasteiger partial charge in [-0.1, -0.05) is 272 Å². The number of ether oxygens (including phenoxy) is 5. The van der Waals surface area contributed by atoms with Gasteiger partial charge in [-0.15, -0.1) is 0 Å². The van der Waals surface area contributed by atoms with Crippen LogP contribution in [-0.2, 0) is 42.9 Å². The lowest BCUT2D eigenvalue weighted by Crippen LogP contribution is -2.61. The van der Waals surface area contributed by atoms with E-state index < -0.39 is 67.3 Å². The highest BCUT2D eigenvalue weighted by Crippen LogP contribution is 2.27. The normalized spacial score (nSPS) is 18.1. The number of hydrogen-bond donors (Lipinski definition) is 3. The van der Waals surface area contributed by atoms with Crippen LogP contribution in [0.1, 0.15) is 290 Å². The Labute approximate surface area is 517 Å². The zero-order valence-corrected chi connectivity index (χ0v) is 53.8. The number of carbonyl (C=O) groups excluding carboxylic acids is 3. The van der Waals surface area contributed by atoms with Crippen LogP contribution in [0.5, 0.6) is 0 Å². The Morgan fingerprint density at radius 3 is 1.13 bits per heavy atom. The van der Waals surface area contributed by atoms with Gasteiger partial charge >= 0.3 is 23.9 Å². The number of carboxylic acid groups (broad SMARTS) is 1. The third kappa shape index (κ3) is 49.3. The average molecular weight is 1190 g/mol. The molecule has 0 saturated carbocycles. The third-order valence-corrected chi connectivity index (χ3v) is 15.2. The average Bonchev–Trinajstić information content (AvgIpc) is 3.46. The summed E-state index contributed by atoms with van der Waals surface area (Å²) in [6.45, 7) is 5.79. The zero-order valence-electron chi connectivity index (χ0n) is 53.8. The first-order chi connectivity index (χ1) is 41.6. The lowest BCUT2D eigenvalue weighted by Gasteiger charge is -2.40. The van der Waals surface area contributed by atoms with E-state index in [-0.39, 0.29) is 25.9 Å². The fourth-order valence-electron chi connectivity index (χ4n) is 10.00. The molecule has 0 radical (unpaired) electrons. The van der Waals surface area contributed by atoms with Crippen molar-refractivity contribution in [1.29, 1.82) is 0 Å². The summed E-state index contributed by atoms with van der Waals surface area (Å²) in [7, 11) is 0. The zero-order chi connectivity index (χ0) is 61.7. The minimum absolute atomic E-state index is 0.0285. The van der Waals surface area contributed by atoms with E-state index in [9.17, 15) is 34.5 Å². The highest BCUT2D eigenvalue weighted by molar-refractivity contribution is 5.74. The highest BCUT2D eigenvalue weighted by atomic mass is 16.7. The smallest absolute Gasteiger partial charge is 0.335 e. The molecule has 0 aromatic heterocycles. The largest absolute Gasteiger partial charge is 0.479 e. The van der Waals surface area contributed by atoms with Crippen molar-refractivity contribution in [2.75, 3.05) is 13.2 Å². The van der Waals surface area contributed by atoms with E-state index in [2.05, 4.69) is 118 Å². The molecular formula is C73H122O12. The second kappa shape index (κ2) is 59.9. The Hall–Kier alpha value is -4.36. The van der Waals surface area contributed by atoms with Crippen LogP contribution < -0.4 is 0 Å². The molecule has 12 heteroatoms. The summed E-state index contributed by atoms with van der Waals surface area (Å²) in [6.07, 6.45) is 67.9. The molecule has 486 valence electrons. The number of unbranched alkanes of at least 4 members (excludes halogenated alkanes) is 28. The lowest BCUT2D eigenvalue weighted by molar-refractivity contribution is -0.301. The van der Waals surface area contributed by atoms with Gasteiger partial charge in [-0.2, -0.15) is 0 Å². The van der Waals surface area contributed by atoms with E-state index in [0.29, 0.717) is 19.3 Å². The Balaban J connectivity index is 2.66. The molecule has 0 spiro atoms. The van der Waals surface area contributed by atoms with Crippen molar-refractivity contribution in [3.63, 3.8) is 0 Å². The summed E-state index contributed by atoms with van der Waals surface area (Å²) < 4.78 is 28.6. The molecule has 6 unspecified atom stereocenters. The van der Waals surface area contributed by atoms with E-state index >= 15 is 0 Å². The number of carbonyl (C=O) groups is 4. The molecule has 85 heavy (non-hydrogen) atoms. The SMILES string of the molecule is CC/C=C\C/C=C\C/C=C\C/C=C\CCCCCCCCC(=O)OCC(COC1OC(C(=O)O)C(O)C(O)C1OC(=O)CCCCCC/C=C\C/C=C\C/C=C\C/C=C\CC)OC(=O)CCCCCCCCCCCCCCCCCCCCC. The molecule has 6 atom stereocenters. The number of allylic oxidation sites excluding steroid dienone is 16. The van der Waals surface area contributed by atoms with E-state index in [1.54, 1.807) is 0 Å². The molecule has 0 aromatic carbocycles. The van der Waals surface area contributed by atoms with Gasteiger partial charge in [0.15, 0.2) is 24.6 Å². The number of esters is 3. The van der Waals surface area contributed by atoms with Crippen LogP contribution in [-0.4, -0.2) is 89.2 Å². The summed E-state index contributed by atoms with van der Waals surface area (Å²) in [4.78, 5) is 51.5. The summed E-state index contributed by atoms with van der Waals surface area (Å²) in [5, 5.41) is 31.6. The second-order valence-corrected chi connectivity index (χ2v) is 23.1. The Kier molecular flexibility index (Phi) is 55.5. The maximum atomic E-state index is 13.2. The van der Waals surface area contributed by atoms with E-state index in [0.717, 1.165) is 135 Å². The first kappa shape index (κ1) is 78.7. The maximum absolute atomic E-state index is 13.2. The van der Waals surface area contributed by atoms with Crippen LogP contribution in [0.15, 0.2) is 97.2 Å². The molecule has 1 aliphatic rings. The van der Waals surface area contributed by atoms with Crippen LogP contribution in [0.25, 0.3) is 0 Å². The summed E-state index contributed by atoms with van der Waals surface area (Å²) in [6, 6.07) is 0. The summed E-state index contributed by atoms with van der Waals surface area (Å²) >= 11 is 0. The molecule has 1 rings (SSSR count). The molecule has 12 nitrogen and oxygen atoms in total. The predicted octanol–water partition coefficient (Wildman–Crippen LogP) is 18.8. The van der Waals surface area contributed by atoms with Crippen molar-refractivity contribution < 1.29 is 58.2 Å². The van der Waals surface area contributed by atoms with Crippen molar-refractivity contribution in [3.05, 3.63) is 97.2 Å². The molecule has 3 N–H and O–H groups in total. The van der Waals surface area contributed by atoms with Gasteiger partial charge in [-0.25, -0.2) is 4.79 Å².